The predicted octanol–water partition coefficient (Wildman–Crippen LogP) is 3.96. The Morgan fingerprint density at radius 2 is 1.91 bits per heavy atom. The van der Waals surface area contributed by atoms with E-state index in [4.69, 9.17) is 21.1 Å². The van der Waals surface area contributed by atoms with Crippen LogP contribution in [0.1, 0.15) is 15.9 Å². The van der Waals surface area contributed by atoms with Crippen molar-refractivity contribution in [2.45, 2.75) is 0 Å². The van der Waals surface area contributed by atoms with Gasteiger partial charge in [0.2, 0.25) is 0 Å². The monoisotopic (exact) mass is 318 g/mol. The molecule has 0 aliphatic heterocycles. The molecule has 0 fully saturated rings. The van der Waals surface area contributed by atoms with E-state index >= 15 is 0 Å². The maximum absolute atomic E-state index is 12.2. The van der Waals surface area contributed by atoms with E-state index in [1.165, 1.54) is 24.3 Å². The van der Waals surface area contributed by atoms with E-state index in [-0.39, 0.29) is 17.1 Å². The highest BCUT2D eigenvalue weighted by molar-refractivity contribution is 6.31. The number of phenols is 1. The van der Waals surface area contributed by atoms with Crippen molar-refractivity contribution in [2.75, 3.05) is 14.2 Å². The molecule has 2 aromatic carbocycles. The summed E-state index contributed by atoms with van der Waals surface area (Å²) in [5, 5.41) is 10.1. The van der Waals surface area contributed by atoms with Crippen molar-refractivity contribution < 1.29 is 19.4 Å². The fraction of sp³-hybridized carbons (Fsp3) is 0.118. The van der Waals surface area contributed by atoms with Crippen molar-refractivity contribution in [3.05, 3.63) is 58.6 Å². The van der Waals surface area contributed by atoms with E-state index in [1.807, 2.05) is 0 Å². The molecule has 0 saturated carbocycles. The molecule has 0 unspecified atom stereocenters. The van der Waals surface area contributed by atoms with Crippen LogP contribution in [0.15, 0.2) is 42.5 Å². The minimum absolute atomic E-state index is 0.114. The van der Waals surface area contributed by atoms with Crippen LogP contribution in [0.5, 0.6) is 17.2 Å². The maximum Gasteiger partial charge on any atom is 0.189 e. The molecule has 4 nitrogen and oxygen atoms in total. The quantitative estimate of drug-likeness (QED) is 0.669. The molecule has 0 radical (unpaired) electrons. The number of ketones is 1. The molecule has 0 atom stereocenters. The van der Waals surface area contributed by atoms with E-state index in [0.717, 1.165) is 0 Å². The summed E-state index contributed by atoms with van der Waals surface area (Å²) in [4.78, 5) is 12.2. The molecule has 5 heteroatoms. The number of allylic oxidation sites excluding steroid dienone is 1. The molecule has 0 aromatic heterocycles. The van der Waals surface area contributed by atoms with Gasteiger partial charge in [0.05, 0.1) is 19.8 Å². The van der Waals surface area contributed by atoms with Crippen LogP contribution < -0.4 is 9.47 Å². The van der Waals surface area contributed by atoms with Crippen LogP contribution in [0.4, 0.5) is 0 Å². The van der Waals surface area contributed by atoms with E-state index in [0.29, 0.717) is 22.1 Å². The molecule has 22 heavy (non-hydrogen) atoms. The number of methoxy groups -OCH3 is 2. The van der Waals surface area contributed by atoms with Gasteiger partial charge in [0.15, 0.2) is 5.78 Å². The number of benzene rings is 2. The summed E-state index contributed by atoms with van der Waals surface area (Å²) in [6, 6.07) is 9.59. The third-order valence-electron chi connectivity index (χ3n) is 3.08. The van der Waals surface area contributed by atoms with Crippen molar-refractivity contribution in [1.82, 2.24) is 0 Å². The first kappa shape index (κ1) is 15.9. The summed E-state index contributed by atoms with van der Waals surface area (Å²) < 4.78 is 10.4. The number of ether oxygens (including phenoxy) is 2. The highest BCUT2D eigenvalue weighted by atomic mass is 35.5. The lowest BCUT2D eigenvalue weighted by Crippen LogP contribution is -1.95. The fourth-order valence-corrected chi connectivity index (χ4v) is 2.10. The Balaban J connectivity index is 2.31. The molecule has 0 spiro atoms. The minimum Gasteiger partial charge on any atom is -0.507 e. The first-order valence-corrected chi connectivity index (χ1v) is 6.86. The highest BCUT2D eigenvalue weighted by Gasteiger charge is 2.09. The Labute approximate surface area is 133 Å². The van der Waals surface area contributed by atoms with E-state index < -0.39 is 0 Å². The number of carbonyl (C=O) groups is 1. The van der Waals surface area contributed by atoms with Gasteiger partial charge in [-0.15, -0.1) is 0 Å². The van der Waals surface area contributed by atoms with Gasteiger partial charge in [0.25, 0.3) is 0 Å². The van der Waals surface area contributed by atoms with E-state index in [2.05, 4.69) is 0 Å². The molecule has 0 amide bonds. The second-order valence-electron chi connectivity index (χ2n) is 4.47. The molecule has 0 aliphatic rings. The van der Waals surface area contributed by atoms with Crippen molar-refractivity contribution in [1.29, 1.82) is 0 Å². The number of hydrogen-bond donors (Lipinski definition) is 1. The smallest absolute Gasteiger partial charge is 0.189 e. The third-order valence-corrected chi connectivity index (χ3v) is 3.31. The normalized spacial score (nSPS) is 10.7. The molecule has 0 bridgehead atoms. The van der Waals surface area contributed by atoms with Crippen LogP contribution in [0, 0.1) is 0 Å². The number of rotatable bonds is 5. The molecule has 1 N–H and O–H groups in total. The first-order valence-electron chi connectivity index (χ1n) is 6.48. The van der Waals surface area contributed by atoms with Crippen LogP contribution in [-0.2, 0) is 0 Å². The van der Waals surface area contributed by atoms with Gasteiger partial charge in [-0.2, -0.15) is 0 Å². The highest BCUT2D eigenvalue weighted by Crippen LogP contribution is 2.26. The third kappa shape index (κ3) is 3.59. The van der Waals surface area contributed by atoms with Crippen LogP contribution in [0.25, 0.3) is 6.08 Å². The predicted molar refractivity (Wildman–Crippen MR) is 86.0 cm³/mol. The van der Waals surface area contributed by atoms with Crippen molar-refractivity contribution >= 4 is 23.5 Å². The average molecular weight is 319 g/mol. The van der Waals surface area contributed by atoms with Gasteiger partial charge in [0, 0.05) is 10.6 Å². The van der Waals surface area contributed by atoms with Crippen LogP contribution in [-0.4, -0.2) is 25.1 Å². The summed E-state index contributed by atoms with van der Waals surface area (Å²) in [5.41, 5.74) is 0.835. The molecule has 0 aliphatic carbocycles. The second kappa shape index (κ2) is 7.00. The summed E-state index contributed by atoms with van der Waals surface area (Å²) in [6.07, 6.45) is 2.95. The topological polar surface area (TPSA) is 55.8 Å². The van der Waals surface area contributed by atoms with E-state index in [1.54, 1.807) is 38.5 Å². The number of phenolic OH excluding ortho intramolecular Hbond substituents is 1. The van der Waals surface area contributed by atoms with Gasteiger partial charge >= 0.3 is 0 Å². The molecule has 2 aromatic rings. The molecular weight excluding hydrogens is 304 g/mol. The second-order valence-corrected chi connectivity index (χ2v) is 4.90. The van der Waals surface area contributed by atoms with Gasteiger partial charge in [-0.25, -0.2) is 0 Å². The maximum atomic E-state index is 12.2. The molecule has 0 heterocycles. The van der Waals surface area contributed by atoms with Gasteiger partial charge in [-0.3, -0.25) is 4.79 Å². The summed E-state index contributed by atoms with van der Waals surface area (Å²) in [5.74, 6) is 0.792. The van der Waals surface area contributed by atoms with Crippen LogP contribution in [0.2, 0.25) is 5.02 Å². The zero-order chi connectivity index (χ0) is 16.1. The lowest BCUT2D eigenvalue weighted by Gasteiger charge is -2.07. The number of carbonyl (C=O) groups excluding carboxylic acids is 1. The number of hydrogen-bond acceptors (Lipinski definition) is 4. The Bertz CT molecular complexity index is 723. The van der Waals surface area contributed by atoms with Crippen molar-refractivity contribution in [3.63, 3.8) is 0 Å². The van der Waals surface area contributed by atoms with Gasteiger partial charge < -0.3 is 14.6 Å². The number of halogens is 1. The van der Waals surface area contributed by atoms with Crippen molar-refractivity contribution in [3.8, 4) is 17.2 Å². The van der Waals surface area contributed by atoms with Gasteiger partial charge in [-0.05, 0) is 48.6 Å². The Kier molecular flexibility index (Phi) is 5.07. The molecule has 114 valence electrons. The van der Waals surface area contributed by atoms with E-state index in [9.17, 15) is 9.90 Å². The van der Waals surface area contributed by atoms with Gasteiger partial charge in [0.1, 0.15) is 17.2 Å². The summed E-state index contributed by atoms with van der Waals surface area (Å²) >= 11 is 5.84. The lowest BCUT2D eigenvalue weighted by atomic mass is 10.1. The molecule has 0 saturated heterocycles. The first-order chi connectivity index (χ1) is 10.5. The Morgan fingerprint density at radius 1 is 1.14 bits per heavy atom. The molecular formula is C17H15ClO4. The SMILES string of the molecule is COc1ccc(OC)c(C=CC(=O)c2cc(Cl)ccc2O)c1. The number of aromatic hydroxyl groups is 1. The minimum atomic E-state index is -0.357. The molecule has 2 rings (SSSR count). The summed E-state index contributed by atoms with van der Waals surface area (Å²) in [7, 11) is 3.11. The average Bonchev–Trinajstić information content (AvgIpc) is 2.54. The van der Waals surface area contributed by atoms with Crippen molar-refractivity contribution in [2.24, 2.45) is 0 Å². The van der Waals surface area contributed by atoms with Gasteiger partial charge in [-0.1, -0.05) is 11.6 Å². The Morgan fingerprint density at radius 3 is 2.59 bits per heavy atom. The zero-order valence-corrected chi connectivity index (χ0v) is 12.9. The Hall–Kier alpha value is -2.46. The largest absolute Gasteiger partial charge is 0.507 e. The van der Waals surface area contributed by atoms with Crippen LogP contribution >= 0.6 is 11.6 Å². The fourth-order valence-electron chi connectivity index (χ4n) is 1.93. The summed E-state index contributed by atoms with van der Waals surface area (Å²) in [6.45, 7) is 0. The standard InChI is InChI=1S/C17H15ClO4/c1-21-13-5-8-17(22-2)11(9-13)3-6-15(19)14-10-12(18)4-7-16(14)20/h3-10,20H,1-2H3. The lowest BCUT2D eigenvalue weighted by molar-refractivity contribution is 0.104. The van der Waals surface area contributed by atoms with Crippen LogP contribution in [0.3, 0.4) is 0 Å². The zero-order valence-electron chi connectivity index (χ0n) is 12.2.